The summed E-state index contributed by atoms with van der Waals surface area (Å²) in [5, 5.41) is 40.4. The van der Waals surface area contributed by atoms with E-state index in [1.807, 2.05) is 26.8 Å². The predicted octanol–water partition coefficient (Wildman–Crippen LogP) is 5.52. The summed E-state index contributed by atoms with van der Waals surface area (Å²) in [4.78, 5) is 12.8. The van der Waals surface area contributed by atoms with Crippen molar-refractivity contribution in [1.29, 1.82) is 0 Å². The Kier molecular flexibility index (Phi) is 6.39. The van der Waals surface area contributed by atoms with Gasteiger partial charge in [-0.05, 0) is 64.3 Å². The highest BCUT2D eigenvalue weighted by molar-refractivity contribution is 5.91. The lowest BCUT2D eigenvalue weighted by molar-refractivity contribution is 0.435. The van der Waals surface area contributed by atoms with E-state index in [1.54, 1.807) is 0 Å². The minimum absolute atomic E-state index is 0.0109. The summed E-state index contributed by atoms with van der Waals surface area (Å²) in [6.07, 6.45) is 6.13. The Morgan fingerprint density at radius 2 is 1.65 bits per heavy atom. The summed E-state index contributed by atoms with van der Waals surface area (Å²) in [6, 6.07) is 6.88. The minimum Gasteiger partial charge on any atom is -0.508 e. The second-order valence-electron chi connectivity index (χ2n) is 7.83. The topological polar surface area (TPSA) is 111 Å². The van der Waals surface area contributed by atoms with Gasteiger partial charge in [0.2, 0.25) is 11.2 Å². The van der Waals surface area contributed by atoms with Gasteiger partial charge < -0.3 is 24.8 Å². The van der Waals surface area contributed by atoms with Gasteiger partial charge in [0.15, 0.2) is 5.76 Å². The molecule has 4 N–H and O–H groups in total. The zero-order chi connectivity index (χ0) is 22.7. The molecule has 1 aromatic heterocycles. The van der Waals surface area contributed by atoms with Gasteiger partial charge in [-0.25, -0.2) is 0 Å². The van der Waals surface area contributed by atoms with Gasteiger partial charge in [-0.15, -0.1) is 0 Å². The van der Waals surface area contributed by atoms with E-state index >= 15 is 0 Å². The molecule has 31 heavy (non-hydrogen) atoms. The third-order valence-corrected chi connectivity index (χ3v) is 5.08. The maximum atomic E-state index is 12.8. The van der Waals surface area contributed by atoms with Crippen LogP contribution in [0.5, 0.6) is 23.0 Å². The van der Waals surface area contributed by atoms with Crippen LogP contribution in [0.1, 0.15) is 39.2 Å². The second kappa shape index (κ2) is 9.00. The van der Waals surface area contributed by atoms with Crippen LogP contribution in [0.15, 0.2) is 62.8 Å². The second-order valence-corrected chi connectivity index (χ2v) is 7.83. The van der Waals surface area contributed by atoms with E-state index in [-0.39, 0.29) is 34.6 Å². The molecule has 162 valence electrons. The number of rotatable bonds is 6. The number of hydrogen-bond donors (Lipinski definition) is 4. The Bertz CT molecular complexity index is 1230. The number of benzene rings is 2. The molecule has 0 fully saturated rings. The Morgan fingerprint density at radius 3 is 2.29 bits per heavy atom. The van der Waals surface area contributed by atoms with Gasteiger partial charge in [0.1, 0.15) is 28.2 Å². The fourth-order valence-corrected chi connectivity index (χ4v) is 3.35. The Balaban J connectivity index is 2.12. The van der Waals surface area contributed by atoms with Crippen LogP contribution in [0.2, 0.25) is 0 Å². The van der Waals surface area contributed by atoms with Crippen molar-refractivity contribution in [3.05, 3.63) is 69.4 Å². The van der Waals surface area contributed by atoms with Crippen molar-refractivity contribution in [2.45, 2.75) is 40.0 Å². The largest absolute Gasteiger partial charge is 0.508 e. The molecule has 0 radical (unpaired) electrons. The van der Waals surface area contributed by atoms with Crippen molar-refractivity contribution in [1.82, 2.24) is 0 Å². The molecule has 0 aliphatic rings. The summed E-state index contributed by atoms with van der Waals surface area (Å²) in [5.41, 5.74) is 2.28. The van der Waals surface area contributed by atoms with Gasteiger partial charge in [-0.2, -0.15) is 0 Å². The number of fused-ring (bicyclic) bond motifs is 1. The minimum atomic E-state index is -0.799. The maximum absolute atomic E-state index is 12.8. The molecule has 0 saturated carbocycles. The highest BCUT2D eigenvalue weighted by Crippen LogP contribution is 2.38. The molecule has 0 aliphatic heterocycles. The summed E-state index contributed by atoms with van der Waals surface area (Å²) in [5.74, 6) is -1.41. The van der Waals surface area contributed by atoms with Gasteiger partial charge in [0.05, 0.1) is 0 Å². The van der Waals surface area contributed by atoms with E-state index in [2.05, 4.69) is 6.08 Å². The van der Waals surface area contributed by atoms with Crippen molar-refractivity contribution in [2.24, 2.45) is 0 Å². The molecule has 0 unspecified atom stereocenters. The maximum Gasteiger partial charge on any atom is 0.238 e. The molecule has 6 nitrogen and oxygen atoms in total. The fraction of sp³-hybridized carbons (Fsp3) is 0.240. The average Bonchev–Trinajstić information content (AvgIpc) is 2.70. The van der Waals surface area contributed by atoms with Crippen LogP contribution in [0.3, 0.4) is 0 Å². The first-order valence-electron chi connectivity index (χ1n) is 10.0. The van der Waals surface area contributed by atoms with E-state index in [1.165, 1.54) is 29.8 Å². The van der Waals surface area contributed by atoms with E-state index in [9.17, 15) is 25.2 Å². The highest BCUT2D eigenvalue weighted by Gasteiger charge is 2.22. The number of phenolic OH excluding ortho intramolecular Hbond substituents is 3. The molecule has 3 rings (SSSR count). The molecule has 0 atom stereocenters. The van der Waals surface area contributed by atoms with Crippen LogP contribution >= 0.6 is 0 Å². The van der Waals surface area contributed by atoms with E-state index in [0.29, 0.717) is 11.1 Å². The SMILES string of the molecule is CC(C)=CCCC(C)=CCc1c(O)cc(O)c2c(=O)c(O)c(-c3ccc(O)cc3)oc12. The first-order chi connectivity index (χ1) is 14.7. The summed E-state index contributed by atoms with van der Waals surface area (Å²) >= 11 is 0. The predicted molar refractivity (Wildman–Crippen MR) is 121 cm³/mol. The Morgan fingerprint density at radius 1 is 0.968 bits per heavy atom. The summed E-state index contributed by atoms with van der Waals surface area (Å²) in [7, 11) is 0. The molecule has 0 spiro atoms. The molecular formula is C25H26O6. The zero-order valence-electron chi connectivity index (χ0n) is 17.8. The van der Waals surface area contributed by atoms with Crippen molar-refractivity contribution in [3.63, 3.8) is 0 Å². The van der Waals surface area contributed by atoms with Crippen molar-refractivity contribution in [3.8, 4) is 34.3 Å². The van der Waals surface area contributed by atoms with Crippen LogP contribution in [-0.2, 0) is 6.42 Å². The van der Waals surface area contributed by atoms with Crippen molar-refractivity contribution in [2.75, 3.05) is 0 Å². The quantitative estimate of drug-likeness (QED) is 0.389. The zero-order valence-corrected chi connectivity index (χ0v) is 17.8. The van der Waals surface area contributed by atoms with Crippen molar-refractivity contribution < 1.29 is 24.8 Å². The lowest BCUT2D eigenvalue weighted by Gasteiger charge is -2.12. The standard InChI is InChI=1S/C25H26O6/c1-14(2)5-4-6-15(3)7-12-18-19(27)13-20(28)21-22(29)23(30)24(31-25(18)21)16-8-10-17(26)11-9-16/h5,7-11,13,26-28,30H,4,6,12H2,1-3H3. The first-order valence-corrected chi connectivity index (χ1v) is 10.0. The number of allylic oxidation sites excluding steroid dienone is 4. The van der Waals surface area contributed by atoms with Crippen LogP contribution < -0.4 is 5.43 Å². The van der Waals surface area contributed by atoms with E-state index < -0.39 is 16.9 Å². The first kappa shape index (κ1) is 22.0. The lowest BCUT2D eigenvalue weighted by Crippen LogP contribution is -2.05. The highest BCUT2D eigenvalue weighted by atomic mass is 16.4. The molecule has 0 amide bonds. The summed E-state index contributed by atoms with van der Waals surface area (Å²) < 4.78 is 5.85. The molecule has 0 aliphatic carbocycles. The van der Waals surface area contributed by atoms with Gasteiger partial charge in [0, 0.05) is 17.2 Å². The van der Waals surface area contributed by atoms with Crippen LogP contribution in [0, 0.1) is 0 Å². The average molecular weight is 422 g/mol. The molecule has 0 bridgehead atoms. The van der Waals surface area contributed by atoms with Gasteiger partial charge in [0.25, 0.3) is 0 Å². The Labute approximate surface area is 180 Å². The number of phenols is 3. The van der Waals surface area contributed by atoms with Crippen LogP contribution in [0.25, 0.3) is 22.3 Å². The van der Waals surface area contributed by atoms with Crippen LogP contribution in [0.4, 0.5) is 0 Å². The summed E-state index contributed by atoms with van der Waals surface area (Å²) in [6.45, 7) is 6.08. The molecule has 6 heteroatoms. The van der Waals surface area contributed by atoms with Gasteiger partial charge in [-0.1, -0.05) is 23.3 Å². The molecule has 2 aromatic carbocycles. The monoisotopic (exact) mass is 422 g/mol. The van der Waals surface area contributed by atoms with Gasteiger partial charge >= 0.3 is 0 Å². The fourth-order valence-electron chi connectivity index (χ4n) is 3.35. The molecule has 1 heterocycles. The number of aromatic hydroxyl groups is 4. The Hall–Kier alpha value is -3.67. The third-order valence-electron chi connectivity index (χ3n) is 5.08. The number of hydrogen-bond acceptors (Lipinski definition) is 6. The molecule has 0 saturated heterocycles. The van der Waals surface area contributed by atoms with Crippen molar-refractivity contribution >= 4 is 11.0 Å². The van der Waals surface area contributed by atoms with E-state index in [0.717, 1.165) is 24.5 Å². The molecule has 3 aromatic rings. The molecular weight excluding hydrogens is 396 g/mol. The van der Waals surface area contributed by atoms with Crippen LogP contribution in [-0.4, -0.2) is 20.4 Å². The normalized spacial score (nSPS) is 11.6. The van der Waals surface area contributed by atoms with E-state index in [4.69, 9.17) is 4.42 Å². The van der Waals surface area contributed by atoms with Gasteiger partial charge in [-0.3, -0.25) is 4.79 Å². The lowest BCUT2D eigenvalue weighted by atomic mass is 10.0. The third kappa shape index (κ3) is 4.74. The smallest absolute Gasteiger partial charge is 0.238 e.